The lowest BCUT2D eigenvalue weighted by atomic mass is 10.2. The van der Waals surface area contributed by atoms with Gasteiger partial charge >= 0.3 is 0 Å². The van der Waals surface area contributed by atoms with Crippen LogP contribution in [0.5, 0.6) is 0 Å². The Morgan fingerprint density at radius 2 is 2.06 bits per heavy atom. The van der Waals surface area contributed by atoms with E-state index in [-0.39, 0.29) is 6.10 Å². The maximum absolute atomic E-state index is 9.17. The SMILES string of the molecule is CC(O)CNCc1ccc(-c2ccccc2Cl)s1. The molecule has 0 saturated heterocycles. The number of aliphatic hydroxyl groups excluding tert-OH is 1. The van der Waals surface area contributed by atoms with Gasteiger partial charge in [-0.05, 0) is 25.1 Å². The first-order valence-corrected chi connectivity index (χ1v) is 7.08. The summed E-state index contributed by atoms with van der Waals surface area (Å²) in [5.41, 5.74) is 1.07. The first-order valence-electron chi connectivity index (χ1n) is 5.89. The number of halogens is 1. The van der Waals surface area contributed by atoms with E-state index in [1.165, 1.54) is 9.75 Å². The molecule has 2 N–H and O–H groups in total. The highest BCUT2D eigenvalue weighted by Crippen LogP contribution is 2.33. The molecule has 0 amide bonds. The Hall–Kier alpha value is -0.870. The number of hydrogen-bond donors (Lipinski definition) is 2. The quantitative estimate of drug-likeness (QED) is 0.879. The second-order valence-electron chi connectivity index (χ2n) is 4.23. The summed E-state index contributed by atoms with van der Waals surface area (Å²) in [5.74, 6) is 0. The largest absolute Gasteiger partial charge is 0.392 e. The number of thiophene rings is 1. The topological polar surface area (TPSA) is 32.3 Å². The van der Waals surface area contributed by atoms with E-state index >= 15 is 0 Å². The molecule has 0 radical (unpaired) electrons. The van der Waals surface area contributed by atoms with Crippen LogP contribution in [0.1, 0.15) is 11.8 Å². The van der Waals surface area contributed by atoms with Gasteiger partial charge in [0.25, 0.3) is 0 Å². The van der Waals surface area contributed by atoms with Gasteiger partial charge in [-0.1, -0.05) is 29.8 Å². The highest BCUT2D eigenvalue weighted by Gasteiger charge is 2.06. The molecular formula is C14H16ClNOS. The van der Waals surface area contributed by atoms with Crippen LogP contribution in [0, 0.1) is 0 Å². The van der Waals surface area contributed by atoms with Crippen molar-refractivity contribution in [2.75, 3.05) is 6.54 Å². The summed E-state index contributed by atoms with van der Waals surface area (Å²) >= 11 is 7.90. The monoisotopic (exact) mass is 281 g/mol. The number of aliphatic hydroxyl groups is 1. The molecule has 2 rings (SSSR count). The lowest BCUT2D eigenvalue weighted by molar-refractivity contribution is 0.191. The molecule has 0 aliphatic rings. The number of hydrogen-bond acceptors (Lipinski definition) is 3. The van der Waals surface area contributed by atoms with E-state index in [4.69, 9.17) is 11.6 Å². The van der Waals surface area contributed by atoms with Crippen molar-refractivity contribution in [2.45, 2.75) is 19.6 Å². The summed E-state index contributed by atoms with van der Waals surface area (Å²) in [4.78, 5) is 2.42. The molecule has 0 saturated carbocycles. The number of nitrogens with one attached hydrogen (secondary N) is 1. The predicted molar refractivity (Wildman–Crippen MR) is 78.2 cm³/mol. The Kier molecular flexibility index (Phi) is 4.78. The summed E-state index contributed by atoms with van der Waals surface area (Å²) in [6.07, 6.45) is -0.312. The third-order valence-corrected chi connectivity index (χ3v) is 3.99. The summed E-state index contributed by atoms with van der Waals surface area (Å²) in [7, 11) is 0. The van der Waals surface area contributed by atoms with Crippen LogP contribution in [0.4, 0.5) is 0 Å². The van der Waals surface area contributed by atoms with Crippen LogP contribution in [0.2, 0.25) is 5.02 Å². The van der Waals surface area contributed by atoms with Crippen LogP contribution >= 0.6 is 22.9 Å². The average molecular weight is 282 g/mol. The number of rotatable bonds is 5. The van der Waals surface area contributed by atoms with Gasteiger partial charge < -0.3 is 10.4 Å². The average Bonchev–Trinajstić information content (AvgIpc) is 2.78. The van der Waals surface area contributed by atoms with Crippen LogP contribution in [-0.2, 0) is 6.54 Å². The molecule has 1 unspecified atom stereocenters. The second kappa shape index (κ2) is 6.34. The minimum atomic E-state index is -0.312. The van der Waals surface area contributed by atoms with Crippen molar-refractivity contribution < 1.29 is 5.11 Å². The molecule has 1 aromatic heterocycles. The zero-order chi connectivity index (χ0) is 13.0. The van der Waals surface area contributed by atoms with Gasteiger partial charge in [0, 0.05) is 33.4 Å². The van der Waals surface area contributed by atoms with E-state index in [0.29, 0.717) is 6.54 Å². The third-order valence-electron chi connectivity index (χ3n) is 2.54. The minimum Gasteiger partial charge on any atom is -0.392 e. The fourth-order valence-corrected chi connectivity index (χ4v) is 2.99. The van der Waals surface area contributed by atoms with E-state index in [1.807, 2.05) is 24.3 Å². The molecule has 0 fully saturated rings. The first kappa shape index (κ1) is 13.6. The molecule has 4 heteroatoms. The maximum Gasteiger partial charge on any atom is 0.0636 e. The molecular weight excluding hydrogens is 266 g/mol. The van der Waals surface area contributed by atoms with E-state index in [1.54, 1.807) is 18.3 Å². The van der Waals surface area contributed by atoms with Gasteiger partial charge in [-0.25, -0.2) is 0 Å². The van der Waals surface area contributed by atoms with Gasteiger partial charge in [0.2, 0.25) is 0 Å². The van der Waals surface area contributed by atoms with Gasteiger partial charge in [0.15, 0.2) is 0 Å². The fourth-order valence-electron chi connectivity index (χ4n) is 1.68. The summed E-state index contributed by atoms with van der Waals surface area (Å²) < 4.78 is 0. The van der Waals surface area contributed by atoms with Crippen molar-refractivity contribution in [3.63, 3.8) is 0 Å². The van der Waals surface area contributed by atoms with Gasteiger partial charge in [-0.15, -0.1) is 11.3 Å². The Morgan fingerprint density at radius 1 is 1.28 bits per heavy atom. The Bertz CT molecular complexity index is 510. The molecule has 1 heterocycles. The third kappa shape index (κ3) is 3.56. The van der Waals surface area contributed by atoms with E-state index in [0.717, 1.165) is 17.1 Å². The normalized spacial score (nSPS) is 12.6. The molecule has 2 aromatic rings. The van der Waals surface area contributed by atoms with Crippen LogP contribution in [0.25, 0.3) is 10.4 Å². The fraction of sp³-hybridized carbons (Fsp3) is 0.286. The Morgan fingerprint density at radius 3 is 2.78 bits per heavy atom. The van der Waals surface area contributed by atoms with Crippen molar-refractivity contribution in [1.29, 1.82) is 0 Å². The van der Waals surface area contributed by atoms with Gasteiger partial charge in [-0.3, -0.25) is 0 Å². The Labute approximate surface area is 116 Å². The molecule has 2 nitrogen and oxygen atoms in total. The lowest BCUT2D eigenvalue weighted by Crippen LogP contribution is -2.23. The van der Waals surface area contributed by atoms with Gasteiger partial charge in [0.1, 0.15) is 0 Å². The molecule has 0 spiro atoms. The van der Waals surface area contributed by atoms with Crippen molar-refractivity contribution in [3.05, 3.63) is 46.3 Å². The molecule has 96 valence electrons. The molecule has 0 aliphatic carbocycles. The highest BCUT2D eigenvalue weighted by molar-refractivity contribution is 7.15. The lowest BCUT2D eigenvalue weighted by Gasteiger charge is -2.04. The van der Waals surface area contributed by atoms with Crippen LogP contribution in [0.15, 0.2) is 36.4 Å². The van der Waals surface area contributed by atoms with Crippen molar-refractivity contribution >= 4 is 22.9 Å². The van der Waals surface area contributed by atoms with Crippen molar-refractivity contribution in [3.8, 4) is 10.4 Å². The van der Waals surface area contributed by atoms with Crippen LogP contribution in [0.3, 0.4) is 0 Å². The predicted octanol–water partition coefficient (Wildman–Crippen LogP) is 3.54. The zero-order valence-electron chi connectivity index (χ0n) is 10.2. The maximum atomic E-state index is 9.17. The standard InChI is InChI=1S/C14H16ClNOS/c1-10(17)8-16-9-11-6-7-14(18-11)12-4-2-3-5-13(12)15/h2-7,10,16-17H,8-9H2,1H3. The van der Waals surface area contributed by atoms with Gasteiger partial charge in [-0.2, -0.15) is 0 Å². The van der Waals surface area contributed by atoms with Crippen LogP contribution < -0.4 is 5.32 Å². The van der Waals surface area contributed by atoms with Crippen LogP contribution in [-0.4, -0.2) is 17.8 Å². The van der Waals surface area contributed by atoms with E-state index in [9.17, 15) is 5.11 Å². The summed E-state index contributed by atoms with van der Waals surface area (Å²) in [5, 5.41) is 13.2. The Balaban J connectivity index is 2.04. The van der Waals surface area contributed by atoms with Gasteiger partial charge in [0.05, 0.1) is 6.10 Å². The molecule has 0 aliphatic heterocycles. The smallest absolute Gasteiger partial charge is 0.0636 e. The van der Waals surface area contributed by atoms with E-state index in [2.05, 4.69) is 17.4 Å². The zero-order valence-corrected chi connectivity index (χ0v) is 11.8. The first-order chi connectivity index (χ1) is 8.66. The van der Waals surface area contributed by atoms with E-state index < -0.39 is 0 Å². The summed E-state index contributed by atoms with van der Waals surface area (Å²) in [6, 6.07) is 12.0. The minimum absolute atomic E-state index is 0.312. The summed E-state index contributed by atoms with van der Waals surface area (Å²) in [6.45, 7) is 3.16. The molecule has 1 atom stereocenters. The second-order valence-corrected chi connectivity index (χ2v) is 5.80. The molecule has 0 bridgehead atoms. The van der Waals surface area contributed by atoms with Crippen molar-refractivity contribution in [2.24, 2.45) is 0 Å². The molecule has 1 aromatic carbocycles. The highest BCUT2D eigenvalue weighted by atomic mass is 35.5. The molecule has 18 heavy (non-hydrogen) atoms. The van der Waals surface area contributed by atoms with Crippen molar-refractivity contribution in [1.82, 2.24) is 5.32 Å². The number of benzene rings is 1.